The van der Waals surface area contributed by atoms with Gasteiger partial charge in [0.15, 0.2) is 5.75 Å². The molecule has 3 aromatic rings. The maximum Gasteiger partial charge on any atom is 0.341 e. The van der Waals surface area contributed by atoms with Crippen molar-refractivity contribution < 1.29 is 14.8 Å². The van der Waals surface area contributed by atoms with E-state index in [1.54, 1.807) is 6.07 Å². The van der Waals surface area contributed by atoms with Crippen LogP contribution in [0.25, 0.3) is 0 Å². The first-order valence-electron chi connectivity index (χ1n) is 10.5. The molecule has 2 amide bonds. The van der Waals surface area contributed by atoms with Crippen LogP contribution < -0.4 is 5.32 Å². The first kappa shape index (κ1) is 21.2. The van der Waals surface area contributed by atoms with Gasteiger partial charge in [-0.3, -0.25) is 10.1 Å². The number of phenolic OH excluding ortho intramolecular Hbond substituents is 1. The second kappa shape index (κ2) is 9.01. The molecule has 0 radical (unpaired) electrons. The van der Waals surface area contributed by atoms with Gasteiger partial charge in [-0.15, -0.1) is 0 Å². The molecule has 0 aromatic heterocycles. The van der Waals surface area contributed by atoms with E-state index in [-0.39, 0.29) is 17.4 Å². The minimum Gasteiger partial charge on any atom is -0.502 e. The third kappa shape index (κ3) is 4.09. The Labute approximate surface area is 185 Å². The number of phenols is 1. The minimum atomic E-state index is -0.591. The molecule has 7 nitrogen and oxygen atoms in total. The van der Waals surface area contributed by atoms with E-state index >= 15 is 0 Å². The summed E-state index contributed by atoms with van der Waals surface area (Å²) in [5.41, 5.74) is 3.01. The van der Waals surface area contributed by atoms with Gasteiger partial charge in [0.1, 0.15) is 0 Å². The number of amides is 2. The molecule has 3 aromatic carbocycles. The van der Waals surface area contributed by atoms with Crippen LogP contribution in [-0.4, -0.2) is 21.8 Å². The van der Waals surface area contributed by atoms with E-state index in [2.05, 4.69) is 10.3 Å². The fourth-order valence-corrected chi connectivity index (χ4v) is 4.21. The molecule has 0 saturated heterocycles. The number of nitro benzene ring substituents is 1. The largest absolute Gasteiger partial charge is 0.502 e. The normalized spacial score (nSPS) is 18.0. The van der Waals surface area contributed by atoms with E-state index in [1.807, 2.05) is 67.6 Å². The van der Waals surface area contributed by atoms with Crippen molar-refractivity contribution in [1.82, 2.24) is 5.32 Å². The van der Waals surface area contributed by atoms with Crippen molar-refractivity contribution in [2.45, 2.75) is 31.7 Å². The van der Waals surface area contributed by atoms with Crippen LogP contribution in [0.15, 0.2) is 77.8 Å². The second-order valence-corrected chi connectivity index (χ2v) is 7.73. The van der Waals surface area contributed by atoms with Crippen LogP contribution in [0.2, 0.25) is 0 Å². The number of nitrogens with zero attached hydrogens (tertiary/aromatic N) is 2. The van der Waals surface area contributed by atoms with E-state index in [0.29, 0.717) is 29.7 Å². The number of carbonyl (C=O) groups excluding carboxylic acids is 1. The highest BCUT2D eigenvalue weighted by Crippen LogP contribution is 2.41. The lowest BCUT2D eigenvalue weighted by atomic mass is 9.79. The number of aromatic hydroxyl groups is 1. The number of urea groups is 1. The van der Waals surface area contributed by atoms with Crippen molar-refractivity contribution in [3.05, 3.63) is 105 Å². The van der Waals surface area contributed by atoms with Gasteiger partial charge in [0, 0.05) is 11.6 Å². The summed E-state index contributed by atoms with van der Waals surface area (Å²) in [7, 11) is 0. The Morgan fingerprint density at radius 2 is 1.69 bits per heavy atom. The Morgan fingerprint density at radius 1 is 1.03 bits per heavy atom. The Balaban J connectivity index is 1.92. The molecule has 2 unspecified atom stereocenters. The SMILES string of the molecule is CCCc1cc(C2NC(=O)N=C(c3ccccc3)C2c2ccccc2)cc([N+](=O)[O-])c1O. The van der Waals surface area contributed by atoms with E-state index in [4.69, 9.17) is 0 Å². The molecule has 32 heavy (non-hydrogen) atoms. The highest BCUT2D eigenvalue weighted by molar-refractivity contribution is 6.12. The fraction of sp³-hybridized carbons (Fsp3) is 0.200. The topological polar surface area (TPSA) is 105 Å². The molecule has 0 saturated carbocycles. The summed E-state index contributed by atoms with van der Waals surface area (Å²) < 4.78 is 0. The van der Waals surface area contributed by atoms with Gasteiger partial charge in [-0.1, -0.05) is 74.0 Å². The van der Waals surface area contributed by atoms with Crippen LogP contribution in [-0.2, 0) is 6.42 Å². The summed E-state index contributed by atoms with van der Waals surface area (Å²) in [5, 5.41) is 25.0. The molecule has 1 aliphatic heterocycles. The molecule has 1 heterocycles. The lowest BCUT2D eigenvalue weighted by Crippen LogP contribution is -2.40. The average Bonchev–Trinajstić information content (AvgIpc) is 2.81. The van der Waals surface area contributed by atoms with Crippen molar-refractivity contribution in [2.75, 3.05) is 0 Å². The predicted octanol–water partition coefficient (Wildman–Crippen LogP) is 5.29. The molecular formula is C25H23N3O4. The second-order valence-electron chi connectivity index (χ2n) is 7.73. The van der Waals surface area contributed by atoms with E-state index in [9.17, 15) is 20.0 Å². The van der Waals surface area contributed by atoms with Crippen LogP contribution in [0.1, 0.15) is 47.6 Å². The third-order valence-electron chi connectivity index (χ3n) is 5.62. The molecule has 0 spiro atoms. The Hall–Kier alpha value is -4.00. The van der Waals surface area contributed by atoms with Crippen molar-refractivity contribution in [3.63, 3.8) is 0 Å². The van der Waals surface area contributed by atoms with Gasteiger partial charge in [0.2, 0.25) is 0 Å². The standard InChI is InChI=1S/C25H23N3O4/c1-2-9-18-14-19(15-20(24(18)29)28(31)32)23-21(16-10-5-3-6-11-16)22(26-25(30)27-23)17-12-7-4-8-13-17/h3-8,10-15,21,23,29H,2,9H2,1H3,(H,27,30). The Kier molecular flexibility index (Phi) is 5.98. The third-order valence-corrected chi connectivity index (χ3v) is 5.62. The quantitative estimate of drug-likeness (QED) is 0.410. The molecule has 162 valence electrons. The Morgan fingerprint density at radius 3 is 2.31 bits per heavy atom. The zero-order valence-corrected chi connectivity index (χ0v) is 17.6. The van der Waals surface area contributed by atoms with Crippen molar-refractivity contribution in [2.24, 2.45) is 4.99 Å². The van der Waals surface area contributed by atoms with Crippen molar-refractivity contribution in [1.29, 1.82) is 0 Å². The van der Waals surface area contributed by atoms with E-state index in [1.165, 1.54) is 6.07 Å². The van der Waals surface area contributed by atoms with Gasteiger partial charge in [-0.2, -0.15) is 4.99 Å². The van der Waals surface area contributed by atoms with Crippen LogP contribution in [0.5, 0.6) is 5.75 Å². The first-order chi connectivity index (χ1) is 15.5. The number of rotatable bonds is 6. The van der Waals surface area contributed by atoms with Crippen LogP contribution in [0.3, 0.4) is 0 Å². The van der Waals surface area contributed by atoms with Crippen LogP contribution in [0, 0.1) is 10.1 Å². The number of carbonyl (C=O) groups is 1. The van der Waals surface area contributed by atoms with E-state index < -0.39 is 17.0 Å². The number of hydrogen-bond donors (Lipinski definition) is 2. The van der Waals surface area contributed by atoms with Gasteiger partial charge < -0.3 is 10.4 Å². The molecule has 0 bridgehead atoms. The maximum absolute atomic E-state index is 12.6. The first-order valence-corrected chi connectivity index (χ1v) is 10.5. The minimum absolute atomic E-state index is 0.323. The molecule has 2 atom stereocenters. The van der Waals surface area contributed by atoms with Gasteiger partial charge in [0.05, 0.1) is 22.6 Å². The number of nitro groups is 1. The molecule has 2 N–H and O–H groups in total. The van der Waals surface area contributed by atoms with Gasteiger partial charge in [-0.25, -0.2) is 4.79 Å². The highest BCUT2D eigenvalue weighted by Gasteiger charge is 2.37. The predicted molar refractivity (Wildman–Crippen MR) is 122 cm³/mol. The fourth-order valence-electron chi connectivity index (χ4n) is 4.21. The van der Waals surface area contributed by atoms with Crippen molar-refractivity contribution >= 4 is 17.4 Å². The molecule has 4 rings (SSSR count). The number of hydrogen-bond acceptors (Lipinski definition) is 4. The van der Waals surface area contributed by atoms with Crippen LogP contribution >= 0.6 is 0 Å². The smallest absolute Gasteiger partial charge is 0.341 e. The zero-order valence-electron chi connectivity index (χ0n) is 17.6. The molecule has 0 aliphatic carbocycles. The molecule has 0 fully saturated rings. The average molecular weight is 429 g/mol. The summed E-state index contributed by atoms with van der Waals surface area (Å²) >= 11 is 0. The van der Waals surface area contributed by atoms with E-state index in [0.717, 1.165) is 11.1 Å². The van der Waals surface area contributed by atoms with Crippen LogP contribution in [0.4, 0.5) is 10.5 Å². The Bertz CT molecular complexity index is 1180. The summed E-state index contributed by atoms with van der Waals surface area (Å²) in [6.45, 7) is 1.94. The summed E-state index contributed by atoms with van der Waals surface area (Å²) in [5.74, 6) is -0.689. The number of aliphatic imine (C=N–C) groups is 1. The zero-order chi connectivity index (χ0) is 22.7. The van der Waals surface area contributed by atoms with Crippen molar-refractivity contribution in [3.8, 4) is 5.75 Å². The number of benzene rings is 3. The summed E-state index contributed by atoms with van der Waals surface area (Å²) in [6, 6.07) is 21.1. The lowest BCUT2D eigenvalue weighted by Gasteiger charge is -2.33. The molecule has 1 aliphatic rings. The highest BCUT2D eigenvalue weighted by atomic mass is 16.6. The van der Waals surface area contributed by atoms with Gasteiger partial charge in [-0.05, 0) is 29.2 Å². The number of nitrogens with one attached hydrogen (secondary N) is 1. The summed E-state index contributed by atoms with van der Waals surface area (Å²) in [6.07, 6.45) is 1.20. The molecule has 7 heteroatoms. The van der Waals surface area contributed by atoms with Gasteiger partial charge >= 0.3 is 11.7 Å². The lowest BCUT2D eigenvalue weighted by molar-refractivity contribution is -0.386. The van der Waals surface area contributed by atoms with Gasteiger partial charge in [0.25, 0.3) is 0 Å². The molecular weight excluding hydrogens is 406 g/mol. The maximum atomic E-state index is 12.6. The number of aryl methyl sites for hydroxylation is 1. The monoisotopic (exact) mass is 429 g/mol. The summed E-state index contributed by atoms with van der Waals surface area (Å²) in [4.78, 5) is 28.0.